The molecule has 0 unspecified atom stereocenters. The van der Waals surface area contributed by atoms with Crippen molar-refractivity contribution in [2.45, 2.75) is 0 Å². The van der Waals surface area contributed by atoms with Gasteiger partial charge in [0.15, 0.2) is 0 Å². The Labute approximate surface area is 92.4 Å². The SMILES string of the molecule is CN(CC(N)=O)c1ccc(N)cc1C(=O)O. The summed E-state index contributed by atoms with van der Waals surface area (Å²) in [5, 5.41) is 8.97. The Morgan fingerprint density at radius 2 is 2.06 bits per heavy atom. The summed E-state index contributed by atoms with van der Waals surface area (Å²) in [6.07, 6.45) is 0. The summed E-state index contributed by atoms with van der Waals surface area (Å²) in [5.74, 6) is -1.63. The molecule has 0 aliphatic heterocycles. The van der Waals surface area contributed by atoms with Gasteiger partial charge in [0.2, 0.25) is 5.91 Å². The molecule has 0 saturated heterocycles. The molecule has 0 spiro atoms. The number of likely N-dealkylation sites (N-methyl/N-ethyl adjacent to an activating group) is 1. The molecule has 0 bridgehead atoms. The predicted molar refractivity (Wildman–Crippen MR) is 60.3 cm³/mol. The highest BCUT2D eigenvalue weighted by Crippen LogP contribution is 2.21. The number of nitrogens with two attached hydrogens (primary N) is 2. The molecule has 6 nitrogen and oxygen atoms in total. The van der Waals surface area contributed by atoms with E-state index in [1.54, 1.807) is 19.2 Å². The standard InChI is InChI=1S/C10H13N3O3/c1-13(5-9(12)14)8-3-2-6(11)4-7(8)10(15)16/h2-4H,5,11H2,1H3,(H2,12,14)(H,15,16). The molecule has 1 rings (SSSR count). The van der Waals surface area contributed by atoms with Gasteiger partial charge in [-0.05, 0) is 18.2 Å². The second kappa shape index (κ2) is 4.52. The molecule has 1 amide bonds. The monoisotopic (exact) mass is 223 g/mol. The molecule has 1 aromatic rings. The molecule has 0 heterocycles. The number of nitrogens with zero attached hydrogens (tertiary/aromatic N) is 1. The maximum atomic E-state index is 11.0. The fraction of sp³-hybridized carbons (Fsp3) is 0.200. The van der Waals surface area contributed by atoms with Crippen LogP contribution in [0.1, 0.15) is 10.4 Å². The van der Waals surface area contributed by atoms with E-state index in [9.17, 15) is 9.59 Å². The van der Waals surface area contributed by atoms with Gasteiger partial charge in [0.05, 0.1) is 17.8 Å². The maximum Gasteiger partial charge on any atom is 0.337 e. The van der Waals surface area contributed by atoms with Crippen molar-refractivity contribution < 1.29 is 14.7 Å². The Kier molecular flexibility index (Phi) is 3.34. The number of amides is 1. The molecule has 0 aliphatic rings. The summed E-state index contributed by atoms with van der Waals surface area (Å²) in [7, 11) is 1.59. The van der Waals surface area contributed by atoms with Crippen LogP contribution in [-0.2, 0) is 4.79 Å². The molecule has 86 valence electrons. The third kappa shape index (κ3) is 2.63. The Morgan fingerprint density at radius 1 is 1.44 bits per heavy atom. The van der Waals surface area contributed by atoms with Crippen molar-refractivity contribution in [3.8, 4) is 0 Å². The van der Waals surface area contributed by atoms with Crippen LogP contribution < -0.4 is 16.4 Å². The largest absolute Gasteiger partial charge is 0.478 e. The number of carboxylic acids is 1. The molecular weight excluding hydrogens is 210 g/mol. The van der Waals surface area contributed by atoms with Gasteiger partial charge in [0.1, 0.15) is 0 Å². The minimum atomic E-state index is -1.10. The Balaban J connectivity index is 3.12. The number of rotatable bonds is 4. The van der Waals surface area contributed by atoms with E-state index < -0.39 is 11.9 Å². The van der Waals surface area contributed by atoms with E-state index in [2.05, 4.69) is 0 Å². The Morgan fingerprint density at radius 3 is 2.56 bits per heavy atom. The van der Waals surface area contributed by atoms with Crippen LogP contribution in [0.2, 0.25) is 0 Å². The number of carboxylic acid groups (broad SMARTS) is 1. The number of carbonyl (C=O) groups is 2. The zero-order valence-electron chi connectivity index (χ0n) is 8.80. The molecule has 0 aromatic heterocycles. The van der Waals surface area contributed by atoms with Gasteiger partial charge in [-0.1, -0.05) is 0 Å². The topological polar surface area (TPSA) is 110 Å². The molecule has 0 atom stereocenters. The summed E-state index contributed by atoms with van der Waals surface area (Å²) in [6.45, 7) is -0.0514. The lowest BCUT2D eigenvalue weighted by atomic mass is 10.1. The minimum Gasteiger partial charge on any atom is -0.478 e. The molecule has 0 saturated carbocycles. The van der Waals surface area contributed by atoms with Gasteiger partial charge >= 0.3 is 5.97 Å². The van der Waals surface area contributed by atoms with Crippen molar-refractivity contribution >= 4 is 23.3 Å². The van der Waals surface area contributed by atoms with Crippen molar-refractivity contribution in [1.82, 2.24) is 0 Å². The first-order chi connectivity index (χ1) is 7.41. The molecule has 16 heavy (non-hydrogen) atoms. The average molecular weight is 223 g/mol. The maximum absolute atomic E-state index is 11.0. The first-order valence-electron chi connectivity index (χ1n) is 4.54. The second-order valence-corrected chi connectivity index (χ2v) is 3.40. The van der Waals surface area contributed by atoms with Crippen molar-refractivity contribution in [3.05, 3.63) is 23.8 Å². The van der Waals surface area contributed by atoms with Crippen LogP contribution in [0, 0.1) is 0 Å². The van der Waals surface area contributed by atoms with Gasteiger partial charge in [-0.25, -0.2) is 4.79 Å². The van der Waals surface area contributed by atoms with E-state index in [0.717, 1.165) is 0 Å². The van der Waals surface area contributed by atoms with Gasteiger partial charge in [-0.2, -0.15) is 0 Å². The number of hydrogen-bond donors (Lipinski definition) is 3. The van der Waals surface area contributed by atoms with Gasteiger partial charge in [0.25, 0.3) is 0 Å². The number of benzene rings is 1. The van der Waals surface area contributed by atoms with E-state index in [-0.39, 0.29) is 12.1 Å². The highest BCUT2D eigenvalue weighted by molar-refractivity contribution is 5.96. The van der Waals surface area contributed by atoms with Crippen LogP contribution in [0.15, 0.2) is 18.2 Å². The summed E-state index contributed by atoms with van der Waals surface area (Å²) in [4.78, 5) is 23.2. The lowest BCUT2D eigenvalue weighted by molar-refractivity contribution is -0.116. The zero-order chi connectivity index (χ0) is 12.3. The van der Waals surface area contributed by atoms with Crippen molar-refractivity contribution in [1.29, 1.82) is 0 Å². The molecule has 0 aliphatic carbocycles. The number of primary amides is 1. The third-order valence-electron chi connectivity index (χ3n) is 2.06. The molecule has 6 heteroatoms. The van der Waals surface area contributed by atoms with Crippen LogP contribution in [0.25, 0.3) is 0 Å². The van der Waals surface area contributed by atoms with Crippen LogP contribution in [0.4, 0.5) is 11.4 Å². The lowest BCUT2D eigenvalue weighted by Gasteiger charge is -2.19. The molecule has 5 N–H and O–H groups in total. The summed E-state index contributed by atoms with van der Waals surface area (Å²) in [5.41, 5.74) is 11.3. The van der Waals surface area contributed by atoms with Crippen LogP contribution >= 0.6 is 0 Å². The highest BCUT2D eigenvalue weighted by Gasteiger charge is 2.14. The first-order valence-corrected chi connectivity index (χ1v) is 4.54. The van der Waals surface area contributed by atoms with E-state index >= 15 is 0 Å². The lowest BCUT2D eigenvalue weighted by Crippen LogP contribution is -2.31. The quantitative estimate of drug-likeness (QED) is 0.617. The van der Waals surface area contributed by atoms with E-state index in [1.807, 2.05) is 0 Å². The van der Waals surface area contributed by atoms with Gasteiger partial charge in [0, 0.05) is 12.7 Å². The molecular formula is C10H13N3O3. The van der Waals surface area contributed by atoms with E-state index in [1.165, 1.54) is 11.0 Å². The second-order valence-electron chi connectivity index (χ2n) is 3.40. The fourth-order valence-corrected chi connectivity index (χ4v) is 1.38. The van der Waals surface area contributed by atoms with Crippen molar-refractivity contribution in [3.63, 3.8) is 0 Å². The van der Waals surface area contributed by atoms with Gasteiger partial charge < -0.3 is 21.5 Å². The number of carbonyl (C=O) groups excluding carboxylic acids is 1. The highest BCUT2D eigenvalue weighted by atomic mass is 16.4. The van der Waals surface area contributed by atoms with E-state index in [0.29, 0.717) is 11.4 Å². The summed E-state index contributed by atoms with van der Waals surface area (Å²) >= 11 is 0. The van der Waals surface area contributed by atoms with Crippen molar-refractivity contribution in [2.24, 2.45) is 5.73 Å². The normalized spacial score (nSPS) is 9.81. The Hall–Kier alpha value is -2.24. The zero-order valence-corrected chi connectivity index (χ0v) is 8.80. The van der Waals surface area contributed by atoms with Crippen LogP contribution in [0.3, 0.4) is 0 Å². The number of nitrogen functional groups attached to an aromatic ring is 1. The average Bonchev–Trinajstić information content (AvgIpc) is 2.16. The minimum absolute atomic E-state index is 0.0451. The van der Waals surface area contributed by atoms with E-state index in [4.69, 9.17) is 16.6 Å². The molecule has 0 fully saturated rings. The number of anilines is 2. The first kappa shape index (κ1) is 11.8. The smallest absolute Gasteiger partial charge is 0.337 e. The Bertz CT molecular complexity index is 431. The summed E-state index contributed by atoms with van der Waals surface area (Å²) < 4.78 is 0. The van der Waals surface area contributed by atoms with Crippen molar-refractivity contribution in [2.75, 3.05) is 24.2 Å². The van der Waals surface area contributed by atoms with Crippen LogP contribution in [0.5, 0.6) is 0 Å². The van der Waals surface area contributed by atoms with Crippen LogP contribution in [-0.4, -0.2) is 30.6 Å². The molecule has 0 radical (unpaired) electrons. The number of aromatic carboxylic acids is 1. The predicted octanol–water partition coefficient (Wildman–Crippen LogP) is -0.112. The summed E-state index contributed by atoms with van der Waals surface area (Å²) in [6, 6.07) is 4.45. The van der Waals surface area contributed by atoms with Gasteiger partial charge in [-0.3, -0.25) is 4.79 Å². The fourth-order valence-electron chi connectivity index (χ4n) is 1.38. The van der Waals surface area contributed by atoms with Gasteiger partial charge in [-0.15, -0.1) is 0 Å². The third-order valence-corrected chi connectivity index (χ3v) is 2.06. The number of hydrogen-bond acceptors (Lipinski definition) is 4. The molecule has 1 aromatic carbocycles.